The van der Waals surface area contributed by atoms with Gasteiger partial charge in [-0.2, -0.15) is 0 Å². The number of ether oxygens (including phenoxy) is 4. The molecule has 0 aliphatic carbocycles. The van der Waals surface area contributed by atoms with Crippen LogP contribution in [0, 0.1) is 0 Å². The highest BCUT2D eigenvalue weighted by Crippen LogP contribution is 2.40. The first kappa shape index (κ1) is 19.3. The molecule has 0 saturated carbocycles. The molecule has 1 heterocycles. The van der Waals surface area contributed by atoms with E-state index in [9.17, 15) is 5.11 Å². The number of aliphatic hydroxyl groups is 1. The molecular weight excluding hydrogens is 346 g/mol. The zero-order valence-corrected chi connectivity index (χ0v) is 16.3. The lowest BCUT2D eigenvalue weighted by atomic mass is 10.1. The standard InChI is InChI=1S/C21H27NO5/c1-5-16(23)13-22-11-14-6-7-17(24-2)9-18(14)27-19-10-21(26-4)20(25-3)8-15(19)12-22/h6-10,16,23H,5,11-13H2,1-4H3. The molecule has 1 aliphatic heterocycles. The van der Waals surface area contributed by atoms with Gasteiger partial charge in [0.25, 0.3) is 0 Å². The fourth-order valence-corrected chi connectivity index (χ4v) is 3.22. The third-order valence-electron chi connectivity index (χ3n) is 4.79. The van der Waals surface area contributed by atoms with E-state index in [0.29, 0.717) is 43.3 Å². The van der Waals surface area contributed by atoms with Gasteiger partial charge in [-0.25, -0.2) is 0 Å². The summed E-state index contributed by atoms with van der Waals surface area (Å²) in [5, 5.41) is 10.2. The summed E-state index contributed by atoms with van der Waals surface area (Å²) in [4.78, 5) is 2.22. The van der Waals surface area contributed by atoms with Gasteiger partial charge >= 0.3 is 0 Å². The summed E-state index contributed by atoms with van der Waals surface area (Å²) in [6, 6.07) is 9.59. The van der Waals surface area contributed by atoms with E-state index in [0.717, 1.165) is 22.6 Å². The number of aliphatic hydroxyl groups excluding tert-OH is 1. The Balaban J connectivity index is 2.07. The molecule has 27 heavy (non-hydrogen) atoms. The molecule has 0 amide bonds. The number of benzene rings is 2. The second-order valence-corrected chi connectivity index (χ2v) is 6.62. The van der Waals surface area contributed by atoms with Crippen molar-refractivity contribution in [3.63, 3.8) is 0 Å². The van der Waals surface area contributed by atoms with Crippen molar-refractivity contribution in [3.8, 4) is 28.7 Å². The first-order chi connectivity index (χ1) is 13.1. The summed E-state index contributed by atoms with van der Waals surface area (Å²) in [7, 11) is 4.86. The molecule has 6 heteroatoms. The van der Waals surface area contributed by atoms with Gasteiger partial charge in [-0.05, 0) is 18.6 Å². The largest absolute Gasteiger partial charge is 0.497 e. The smallest absolute Gasteiger partial charge is 0.164 e. The van der Waals surface area contributed by atoms with E-state index < -0.39 is 0 Å². The number of hydrogen-bond donors (Lipinski definition) is 1. The number of nitrogens with zero attached hydrogens (tertiary/aromatic N) is 1. The minimum Gasteiger partial charge on any atom is -0.497 e. The molecule has 2 aromatic carbocycles. The average molecular weight is 373 g/mol. The summed E-state index contributed by atoms with van der Waals surface area (Å²) >= 11 is 0. The molecule has 6 nitrogen and oxygen atoms in total. The lowest BCUT2D eigenvalue weighted by Crippen LogP contribution is -2.32. The van der Waals surface area contributed by atoms with E-state index in [2.05, 4.69) is 4.90 Å². The van der Waals surface area contributed by atoms with Crippen LogP contribution in [-0.4, -0.2) is 44.0 Å². The predicted octanol–water partition coefficient (Wildman–Crippen LogP) is 3.59. The second kappa shape index (κ2) is 8.50. The van der Waals surface area contributed by atoms with Crippen LogP contribution in [0.2, 0.25) is 0 Å². The Labute approximate surface area is 160 Å². The van der Waals surface area contributed by atoms with Gasteiger partial charge in [-0.1, -0.05) is 13.0 Å². The van der Waals surface area contributed by atoms with Crippen LogP contribution >= 0.6 is 0 Å². The van der Waals surface area contributed by atoms with E-state index in [-0.39, 0.29) is 6.10 Å². The van der Waals surface area contributed by atoms with Crippen molar-refractivity contribution in [3.05, 3.63) is 41.5 Å². The highest BCUT2D eigenvalue weighted by atomic mass is 16.5. The normalized spacial score (nSPS) is 14.9. The Hall–Kier alpha value is -2.44. The third-order valence-corrected chi connectivity index (χ3v) is 4.79. The van der Waals surface area contributed by atoms with Gasteiger partial charge < -0.3 is 24.1 Å². The van der Waals surface area contributed by atoms with Crippen LogP contribution in [-0.2, 0) is 13.1 Å². The molecular formula is C21H27NO5. The molecule has 0 radical (unpaired) electrons. The summed E-state index contributed by atoms with van der Waals surface area (Å²) in [6.45, 7) is 3.87. The number of methoxy groups -OCH3 is 3. The predicted molar refractivity (Wildman–Crippen MR) is 103 cm³/mol. The highest BCUT2D eigenvalue weighted by molar-refractivity contribution is 5.53. The van der Waals surface area contributed by atoms with Crippen molar-refractivity contribution in [1.82, 2.24) is 4.90 Å². The molecule has 2 aromatic rings. The molecule has 0 spiro atoms. The summed E-state index contributed by atoms with van der Waals surface area (Å²) in [6.07, 6.45) is 0.331. The molecule has 1 unspecified atom stereocenters. The maximum Gasteiger partial charge on any atom is 0.164 e. The van der Waals surface area contributed by atoms with E-state index >= 15 is 0 Å². The number of fused-ring (bicyclic) bond motifs is 2. The van der Waals surface area contributed by atoms with Crippen LogP contribution in [0.5, 0.6) is 28.7 Å². The van der Waals surface area contributed by atoms with Crippen LogP contribution in [0.25, 0.3) is 0 Å². The lowest BCUT2D eigenvalue weighted by molar-refractivity contribution is 0.0994. The molecule has 1 aliphatic rings. The fourth-order valence-electron chi connectivity index (χ4n) is 3.22. The van der Waals surface area contributed by atoms with E-state index in [1.54, 1.807) is 21.3 Å². The van der Waals surface area contributed by atoms with Crippen LogP contribution in [0.4, 0.5) is 0 Å². The van der Waals surface area contributed by atoms with Gasteiger partial charge in [0.2, 0.25) is 0 Å². The van der Waals surface area contributed by atoms with Crippen molar-refractivity contribution in [2.45, 2.75) is 32.5 Å². The first-order valence-corrected chi connectivity index (χ1v) is 9.08. The fraction of sp³-hybridized carbons (Fsp3) is 0.429. The quantitative estimate of drug-likeness (QED) is 0.835. The number of β-amino-alcohol motifs (C(OH)–C–C–N with tert-alkyl or cyclic N) is 1. The number of rotatable bonds is 6. The van der Waals surface area contributed by atoms with Gasteiger partial charge in [-0.3, -0.25) is 4.90 Å². The Morgan fingerprint density at radius 1 is 0.963 bits per heavy atom. The molecule has 3 rings (SSSR count). The van der Waals surface area contributed by atoms with Crippen LogP contribution in [0.1, 0.15) is 24.5 Å². The zero-order chi connectivity index (χ0) is 19.4. The summed E-state index contributed by atoms with van der Waals surface area (Å²) in [5.41, 5.74) is 2.02. The molecule has 0 saturated heterocycles. The first-order valence-electron chi connectivity index (χ1n) is 9.08. The van der Waals surface area contributed by atoms with Crippen LogP contribution < -0.4 is 18.9 Å². The summed E-state index contributed by atoms with van der Waals surface area (Å²) < 4.78 is 22.5. The minimum absolute atomic E-state index is 0.379. The SMILES string of the molecule is CCC(O)CN1Cc2ccc(OC)cc2Oc2cc(OC)c(OC)cc2C1. The molecule has 0 fully saturated rings. The van der Waals surface area contributed by atoms with E-state index in [1.807, 2.05) is 37.3 Å². The summed E-state index contributed by atoms with van der Waals surface area (Å²) in [5.74, 6) is 3.44. The van der Waals surface area contributed by atoms with Crippen LogP contribution in [0.3, 0.4) is 0 Å². The average Bonchev–Trinajstić information content (AvgIpc) is 2.68. The van der Waals surface area contributed by atoms with Gasteiger partial charge in [0.05, 0.1) is 27.4 Å². The van der Waals surface area contributed by atoms with Gasteiger partial charge in [0.15, 0.2) is 11.5 Å². The Morgan fingerprint density at radius 2 is 1.63 bits per heavy atom. The minimum atomic E-state index is -0.379. The van der Waals surface area contributed by atoms with E-state index in [4.69, 9.17) is 18.9 Å². The third kappa shape index (κ3) is 4.28. The zero-order valence-electron chi connectivity index (χ0n) is 16.3. The maximum absolute atomic E-state index is 10.2. The van der Waals surface area contributed by atoms with Gasteiger partial charge in [0.1, 0.15) is 17.2 Å². The van der Waals surface area contributed by atoms with E-state index in [1.165, 1.54) is 0 Å². The van der Waals surface area contributed by atoms with Crippen molar-refractivity contribution in [2.75, 3.05) is 27.9 Å². The second-order valence-electron chi connectivity index (χ2n) is 6.62. The molecule has 1 atom stereocenters. The Bertz CT molecular complexity index is 792. The lowest BCUT2D eigenvalue weighted by Gasteiger charge is -2.29. The highest BCUT2D eigenvalue weighted by Gasteiger charge is 2.22. The van der Waals surface area contributed by atoms with Crippen LogP contribution in [0.15, 0.2) is 30.3 Å². The van der Waals surface area contributed by atoms with Crippen molar-refractivity contribution < 1.29 is 24.1 Å². The number of hydrogen-bond acceptors (Lipinski definition) is 6. The maximum atomic E-state index is 10.2. The van der Waals surface area contributed by atoms with Crippen molar-refractivity contribution >= 4 is 0 Å². The van der Waals surface area contributed by atoms with Gasteiger partial charge in [-0.15, -0.1) is 0 Å². The molecule has 0 bridgehead atoms. The Morgan fingerprint density at radius 3 is 2.30 bits per heavy atom. The molecule has 0 aromatic heterocycles. The van der Waals surface area contributed by atoms with Gasteiger partial charge in [0, 0.05) is 42.9 Å². The topological polar surface area (TPSA) is 60.4 Å². The Kier molecular flexibility index (Phi) is 6.08. The molecule has 146 valence electrons. The molecule has 1 N–H and O–H groups in total. The monoisotopic (exact) mass is 373 g/mol. The van der Waals surface area contributed by atoms with Crippen molar-refractivity contribution in [2.24, 2.45) is 0 Å². The van der Waals surface area contributed by atoms with Crippen molar-refractivity contribution in [1.29, 1.82) is 0 Å².